The summed E-state index contributed by atoms with van der Waals surface area (Å²) < 4.78 is 0. The zero-order chi connectivity index (χ0) is 11.3. The molecular weight excluding hydrogens is 226 g/mol. The van der Waals surface area contributed by atoms with Crippen molar-refractivity contribution in [2.75, 3.05) is 12.3 Å². The first-order valence-electron chi connectivity index (χ1n) is 5.24. The number of thioether (sulfide) groups is 1. The Morgan fingerprint density at radius 3 is 2.67 bits per heavy atom. The minimum Gasteiger partial charge on any atom is -0.330 e. The van der Waals surface area contributed by atoms with E-state index in [1.807, 2.05) is 17.8 Å². The molecule has 0 amide bonds. The van der Waals surface area contributed by atoms with Gasteiger partial charge in [0.1, 0.15) is 0 Å². The van der Waals surface area contributed by atoms with Crippen molar-refractivity contribution in [3.63, 3.8) is 0 Å². The Hall–Kier alpha value is -0.180. The van der Waals surface area contributed by atoms with E-state index in [1.165, 1.54) is 4.90 Å². The summed E-state index contributed by atoms with van der Waals surface area (Å²) in [7, 11) is 0. The van der Waals surface area contributed by atoms with Crippen LogP contribution in [-0.2, 0) is 6.42 Å². The summed E-state index contributed by atoms with van der Waals surface area (Å²) in [6.45, 7) is 5.09. The molecule has 1 rings (SSSR count). The molecule has 2 N–H and O–H groups in total. The number of hydrogen-bond donors (Lipinski definition) is 1. The molecule has 15 heavy (non-hydrogen) atoms. The summed E-state index contributed by atoms with van der Waals surface area (Å²) in [5.41, 5.74) is 6.65. The van der Waals surface area contributed by atoms with Crippen LogP contribution in [0.2, 0.25) is 5.02 Å². The van der Waals surface area contributed by atoms with E-state index in [0.717, 1.165) is 22.8 Å². The average molecular weight is 244 g/mol. The molecule has 0 aliphatic carbocycles. The monoisotopic (exact) mass is 243 g/mol. The van der Waals surface area contributed by atoms with E-state index in [4.69, 9.17) is 17.3 Å². The van der Waals surface area contributed by atoms with Crippen LogP contribution >= 0.6 is 23.4 Å². The van der Waals surface area contributed by atoms with Gasteiger partial charge in [0, 0.05) is 15.7 Å². The largest absolute Gasteiger partial charge is 0.330 e. The van der Waals surface area contributed by atoms with Crippen LogP contribution in [0.15, 0.2) is 23.1 Å². The molecule has 1 aromatic rings. The Morgan fingerprint density at radius 2 is 2.13 bits per heavy atom. The maximum Gasteiger partial charge on any atom is 0.0449 e. The SMILES string of the molecule is CC(C)CSc1ccc(CCN)c(Cl)c1. The molecule has 0 spiro atoms. The highest BCUT2D eigenvalue weighted by Gasteiger charge is 2.02. The van der Waals surface area contributed by atoms with Gasteiger partial charge in [-0.15, -0.1) is 11.8 Å². The Morgan fingerprint density at radius 1 is 1.40 bits per heavy atom. The molecule has 0 heterocycles. The van der Waals surface area contributed by atoms with Crippen molar-refractivity contribution in [1.29, 1.82) is 0 Å². The first-order chi connectivity index (χ1) is 7.13. The van der Waals surface area contributed by atoms with Crippen LogP contribution in [0.5, 0.6) is 0 Å². The van der Waals surface area contributed by atoms with E-state index in [9.17, 15) is 0 Å². The molecule has 0 saturated heterocycles. The minimum absolute atomic E-state index is 0.651. The Labute approximate surface area is 101 Å². The summed E-state index contributed by atoms with van der Waals surface area (Å²) in [5, 5.41) is 0.842. The molecule has 1 nitrogen and oxygen atoms in total. The predicted octanol–water partition coefficient (Wildman–Crippen LogP) is 3.59. The van der Waals surface area contributed by atoms with Gasteiger partial charge < -0.3 is 5.73 Å². The van der Waals surface area contributed by atoms with E-state index in [0.29, 0.717) is 12.5 Å². The van der Waals surface area contributed by atoms with E-state index in [-0.39, 0.29) is 0 Å². The number of benzene rings is 1. The Bertz CT molecular complexity index is 312. The Balaban J connectivity index is 2.64. The van der Waals surface area contributed by atoms with Gasteiger partial charge in [-0.3, -0.25) is 0 Å². The lowest BCUT2D eigenvalue weighted by Crippen LogP contribution is -2.03. The molecular formula is C12H18ClNS. The van der Waals surface area contributed by atoms with Crippen LogP contribution in [-0.4, -0.2) is 12.3 Å². The van der Waals surface area contributed by atoms with Gasteiger partial charge in [-0.1, -0.05) is 31.5 Å². The van der Waals surface area contributed by atoms with Gasteiger partial charge in [-0.05, 0) is 36.6 Å². The number of hydrogen-bond acceptors (Lipinski definition) is 2. The Kier molecular flexibility index (Phi) is 5.51. The third-order valence-electron chi connectivity index (χ3n) is 2.02. The number of halogens is 1. The molecule has 0 aliphatic rings. The predicted molar refractivity (Wildman–Crippen MR) is 69.8 cm³/mol. The molecule has 0 atom stereocenters. The maximum absolute atomic E-state index is 6.15. The van der Waals surface area contributed by atoms with Crippen molar-refractivity contribution < 1.29 is 0 Å². The lowest BCUT2D eigenvalue weighted by Gasteiger charge is -2.07. The summed E-state index contributed by atoms with van der Waals surface area (Å²) in [5.74, 6) is 1.84. The van der Waals surface area contributed by atoms with Gasteiger partial charge >= 0.3 is 0 Å². The molecule has 3 heteroatoms. The van der Waals surface area contributed by atoms with Crippen molar-refractivity contribution in [1.82, 2.24) is 0 Å². The highest BCUT2D eigenvalue weighted by Crippen LogP contribution is 2.26. The van der Waals surface area contributed by atoms with E-state index in [2.05, 4.69) is 26.0 Å². The van der Waals surface area contributed by atoms with Gasteiger partial charge in [0.2, 0.25) is 0 Å². The summed E-state index contributed by atoms with van der Waals surface area (Å²) in [6, 6.07) is 6.25. The van der Waals surface area contributed by atoms with Crippen molar-refractivity contribution in [2.45, 2.75) is 25.2 Å². The zero-order valence-corrected chi connectivity index (χ0v) is 10.9. The van der Waals surface area contributed by atoms with E-state index < -0.39 is 0 Å². The summed E-state index contributed by atoms with van der Waals surface area (Å²) in [4.78, 5) is 1.24. The van der Waals surface area contributed by atoms with Gasteiger partial charge in [0.15, 0.2) is 0 Å². The van der Waals surface area contributed by atoms with Crippen LogP contribution in [0.4, 0.5) is 0 Å². The lowest BCUT2D eigenvalue weighted by molar-refractivity contribution is 0.750. The normalized spacial score (nSPS) is 11.0. The van der Waals surface area contributed by atoms with Crippen molar-refractivity contribution in [3.8, 4) is 0 Å². The molecule has 1 aromatic carbocycles. The smallest absolute Gasteiger partial charge is 0.0449 e. The highest BCUT2D eigenvalue weighted by molar-refractivity contribution is 7.99. The van der Waals surface area contributed by atoms with Crippen LogP contribution in [0, 0.1) is 5.92 Å². The maximum atomic E-state index is 6.15. The van der Waals surface area contributed by atoms with Crippen LogP contribution in [0.3, 0.4) is 0 Å². The molecule has 0 bridgehead atoms. The third-order valence-corrected chi connectivity index (χ3v) is 3.79. The number of rotatable bonds is 5. The molecule has 0 saturated carbocycles. The first kappa shape index (κ1) is 12.9. The van der Waals surface area contributed by atoms with Crippen molar-refractivity contribution >= 4 is 23.4 Å². The van der Waals surface area contributed by atoms with Crippen molar-refractivity contribution in [2.24, 2.45) is 11.7 Å². The second kappa shape index (κ2) is 6.41. The second-order valence-electron chi connectivity index (χ2n) is 4.00. The van der Waals surface area contributed by atoms with Crippen molar-refractivity contribution in [3.05, 3.63) is 28.8 Å². The minimum atomic E-state index is 0.651. The fraction of sp³-hybridized carbons (Fsp3) is 0.500. The summed E-state index contributed by atoms with van der Waals surface area (Å²) >= 11 is 8.01. The fourth-order valence-electron chi connectivity index (χ4n) is 1.24. The lowest BCUT2D eigenvalue weighted by atomic mass is 10.1. The van der Waals surface area contributed by atoms with Gasteiger partial charge in [0.25, 0.3) is 0 Å². The molecule has 0 fully saturated rings. The number of nitrogens with two attached hydrogens (primary N) is 1. The van der Waals surface area contributed by atoms with Crippen LogP contribution < -0.4 is 5.73 Å². The van der Waals surface area contributed by atoms with Gasteiger partial charge in [0.05, 0.1) is 0 Å². The molecule has 0 aliphatic heterocycles. The molecule has 0 unspecified atom stereocenters. The topological polar surface area (TPSA) is 26.0 Å². The molecule has 0 aromatic heterocycles. The summed E-state index contributed by atoms with van der Waals surface area (Å²) in [6.07, 6.45) is 0.855. The van der Waals surface area contributed by atoms with E-state index in [1.54, 1.807) is 0 Å². The average Bonchev–Trinajstić information content (AvgIpc) is 2.19. The second-order valence-corrected chi connectivity index (χ2v) is 5.50. The zero-order valence-electron chi connectivity index (χ0n) is 9.29. The quantitative estimate of drug-likeness (QED) is 0.800. The highest BCUT2D eigenvalue weighted by atomic mass is 35.5. The van der Waals surface area contributed by atoms with Crippen LogP contribution in [0.1, 0.15) is 19.4 Å². The van der Waals surface area contributed by atoms with Gasteiger partial charge in [-0.25, -0.2) is 0 Å². The first-order valence-corrected chi connectivity index (χ1v) is 6.61. The van der Waals surface area contributed by atoms with E-state index >= 15 is 0 Å². The standard InChI is InChI=1S/C12H18ClNS/c1-9(2)8-15-11-4-3-10(5-6-14)12(13)7-11/h3-4,7,9H,5-6,8,14H2,1-2H3. The van der Waals surface area contributed by atoms with Crippen LogP contribution in [0.25, 0.3) is 0 Å². The third kappa shape index (κ3) is 4.45. The molecule has 0 radical (unpaired) electrons. The fourth-order valence-corrected chi connectivity index (χ4v) is 2.47. The molecule has 84 valence electrons. The van der Waals surface area contributed by atoms with Gasteiger partial charge in [-0.2, -0.15) is 0 Å².